The maximum atomic E-state index is 13.4. The number of benzene rings is 1. The third kappa shape index (κ3) is 4.45. The first kappa shape index (κ1) is 23.6. The van der Waals surface area contributed by atoms with Gasteiger partial charge in [0.1, 0.15) is 28.2 Å². The van der Waals surface area contributed by atoms with Crippen molar-refractivity contribution in [2.45, 2.75) is 65.1 Å². The van der Waals surface area contributed by atoms with Crippen molar-refractivity contribution in [3.63, 3.8) is 0 Å². The van der Waals surface area contributed by atoms with Crippen molar-refractivity contribution < 1.29 is 24.8 Å². The molecule has 2 aromatic rings. The zero-order valence-electron chi connectivity index (χ0n) is 19.1. The Labute approximate surface area is 182 Å². The molecule has 0 radical (unpaired) electrons. The molecule has 1 saturated heterocycles. The van der Waals surface area contributed by atoms with Crippen molar-refractivity contribution in [2.75, 3.05) is 20.1 Å². The summed E-state index contributed by atoms with van der Waals surface area (Å²) in [6, 6.07) is 1.13. The summed E-state index contributed by atoms with van der Waals surface area (Å²) >= 11 is 0. The number of phenols is 2. The molecule has 2 heterocycles. The van der Waals surface area contributed by atoms with E-state index in [4.69, 9.17) is 4.42 Å². The Morgan fingerprint density at radius 1 is 1.26 bits per heavy atom. The lowest BCUT2D eigenvalue weighted by atomic mass is 9.84. The Morgan fingerprint density at radius 3 is 2.55 bits per heavy atom. The lowest BCUT2D eigenvalue weighted by molar-refractivity contribution is 0.0630. The summed E-state index contributed by atoms with van der Waals surface area (Å²) in [6.07, 6.45) is 0.530. The van der Waals surface area contributed by atoms with Gasteiger partial charge in [0.15, 0.2) is 0 Å². The van der Waals surface area contributed by atoms with Crippen LogP contribution in [-0.4, -0.2) is 51.6 Å². The van der Waals surface area contributed by atoms with Gasteiger partial charge in [-0.2, -0.15) is 0 Å². The van der Waals surface area contributed by atoms with E-state index in [0.717, 1.165) is 25.5 Å². The van der Waals surface area contributed by atoms with Gasteiger partial charge >= 0.3 is 0 Å². The fourth-order valence-electron chi connectivity index (χ4n) is 4.82. The van der Waals surface area contributed by atoms with Gasteiger partial charge in [0.05, 0.1) is 17.8 Å². The largest absolute Gasteiger partial charge is 0.507 e. The number of fused-ring (bicyclic) bond motifs is 1. The van der Waals surface area contributed by atoms with E-state index in [1.54, 1.807) is 6.92 Å². The zero-order chi connectivity index (χ0) is 23.0. The number of β-amino-alcohol motifs (C(OH)–C–C–N with tert-alkyl or cyclic N) is 1. The van der Waals surface area contributed by atoms with Crippen LogP contribution in [0.3, 0.4) is 0 Å². The van der Waals surface area contributed by atoms with E-state index >= 15 is 0 Å². The van der Waals surface area contributed by atoms with Crippen LogP contribution in [0.5, 0.6) is 11.5 Å². The van der Waals surface area contributed by atoms with Crippen molar-refractivity contribution in [2.24, 2.45) is 11.8 Å². The molecular formula is C24H35NO6. The molecule has 1 aliphatic rings. The number of likely N-dealkylation sites (tertiary alicyclic amines) is 1. The average Bonchev–Trinajstić information content (AvgIpc) is 2.68. The minimum atomic E-state index is -1.03. The number of phenolic OH excluding ortho intramolecular Hbond substituents is 2. The van der Waals surface area contributed by atoms with E-state index < -0.39 is 29.3 Å². The molecule has 1 aromatic carbocycles. The highest BCUT2D eigenvalue weighted by molar-refractivity contribution is 5.89. The van der Waals surface area contributed by atoms with Crippen LogP contribution in [0.1, 0.15) is 68.9 Å². The van der Waals surface area contributed by atoms with Gasteiger partial charge in [-0.25, -0.2) is 0 Å². The van der Waals surface area contributed by atoms with E-state index in [2.05, 4.69) is 13.8 Å². The second-order valence-electron chi connectivity index (χ2n) is 9.33. The van der Waals surface area contributed by atoms with E-state index in [1.165, 1.54) is 0 Å². The van der Waals surface area contributed by atoms with Crippen molar-refractivity contribution in [1.29, 1.82) is 0 Å². The Hall–Kier alpha value is -2.09. The zero-order valence-corrected chi connectivity index (χ0v) is 19.1. The number of aliphatic hydroxyl groups is 2. The van der Waals surface area contributed by atoms with Crippen LogP contribution in [-0.2, 0) is 0 Å². The van der Waals surface area contributed by atoms with E-state index in [-0.39, 0.29) is 34.0 Å². The Bertz CT molecular complexity index is 1000. The third-order valence-corrected chi connectivity index (χ3v) is 6.85. The van der Waals surface area contributed by atoms with Gasteiger partial charge in [-0.15, -0.1) is 0 Å². The molecule has 5 unspecified atom stereocenters. The average molecular weight is 434 g/mol. The molecule has 5 atom stereocenters. The molecule has 0 spiro atoms. The van der Waals surface area contributed by atoms with Gasteiger partial charge < -0.3 is 29.7 Å². The van der Waals surface area contributed by atoms with Crippen LogP contribution in [0.15, 0.2) is 15.3 Å². The molecule has 1 fully saturated rings. The summed E-state index contributed by atoms with van der Waals surface area (Å²) in [7, 11) is 1.91. The fraction of sp³-hybridized carbons (Fsp3) is 0.625. The topological polar surface area (TPSA) is 114 Å². The minimum Gasteiger partial charge on any atom is -0.507 e. The molecular weight excluding hydrogens is 398 g/mol. The summed E-state index contributed by atoms with van der Waals surface area (Å²) in [4.78, 5) is 15.4. The number of nitrogens with zero attached hydrogens (tertiary/aromatic N) is 1. The van der Waals surface area contributed by atoms with E-state index in [9.17, 15) is 25.2 Å². The van der Waals surface area contributed by atoms with Crippen LogP contribution >= 0.6 is 0 Å². The minimum absolute atomic E-state index is 0.0608. The molecule has 0 amide bonds. The lowest BCUT2D eigenvalue weighted by Gasteiger charge is -2.34. The Morgan fingerprint density at radius 2 is 1.94 bits per heavy atom. The number of rotatable bonds is 6. The molecule has 0 saturated carbocycles. The predicted molar refractivity (Wildman–Crippen MR) is 120 cm³/mol. The van der Waals surface area contributed by atoms with Gasteiger partial charge in [-0.3, -0.25) is 4.79 Å². The quantitative estimate of drug-likeness (QED) is 0.552. The number of hydrogen-bond donors (Lipinski definition) is 4. The molecule has 0 bridgehead atoms. The molecule has 0 aliphatic carbocycles. The highest BCUT2D eigenvalue weighted by Crippen LogP contribution is 2.42. The molecule has 3 rings (SSSR count). The number of piperidine rings is 1. The van der Waals surface area contributed by atoms with Gasteiger partial charge in [-0.1, -0.05) is 27.2 Å². The number of likely N-dealkylation sites (N-methyl/N-ethyl adjacent to an activating group) is 1. The summed E-state index contributed by atoms with van der Waals surface area (Å²) in [5.74, 6) is -0.532. The van der Waals surface area contributed by atoms with Crippen LogP contribution in [0.4, 0.5) is 0 Å². The van der Waals surface area contributed by atoms with Gasteiger partial charge in [0, 0.05) is 24.1 Å². The molecule has 4 N–H and O–H groups in total. The monoisotopic (exact) mass is 433 g/mol. The van der Waals surface area contributed by atoms with Crippen molar-refractivity contribution >= 4 is 11.0 Å². The van der Waals surface area contributed by atoms with E-state index in [1.807, 2.05) is 18.9 Å². The molecule has 31 heavy (non-hydrogen) atoms. The van der Waals surface area contributed by atoms with Crippen molar-refractivity contribution in [1.82, 2.24) is 4.90 Å². The Balaban J connectivity index is 2.16. The summed E-state index contributed by atoms with van der Waals surface area (Å²) in [5.41, 5.74) is 0.0593. The predicted octanol–water partition coefficient (Wildman–Crippen LogP) is 3.40. The van der Waals surface area contributed by atoms with Crippen molar-refractivity contribution in [3.05, 3.63) is 33.2 Å². The number of hydrogen-bond acceptors (Lipinski definition) is 7. The van der Waals surface area contributed by atoms with Crippen molar-refractivity contribution in [3.8, 4) is 11.5 Å². The maximum absolute atomic E-state index is 13.4. The van der Waals surface area contributed by atoms with E-state index in [0.29, 0.717) is 24.4 Å². The first-order valence-corrected chi connectivity index (χ1v) is 11.1. The summed E-state index contributed by atoms with van der Waals surface area (Å²) in [6.45, 7) is 8.86. The number of aryl methyl sites for hydroxylation is 1. The van der Waals surface area contributed by atoms with Crippen LogP contribution in [0.2, 0.25) is 0 Å². The van der Waals surface area contributed by atoms with Crippen LogP contribution in [0, 0.1) is 18.8 Å². The molecule has 1 aromatic heterocycles. The van der Waals surface area contributed by atoms with Crippen LogP contribution in [0.25, 0.3) is 11.0 Å². The van der Waals surface area contributed by atoms with Gasteiger partial charge in [0.25, 0.3) is 0 Å². The molecule has 172 valence electrons. The summed E-state index contributed by atoms with van der Waals surface area (Å²) < 4.78 is 5.99. The smallest absolute Gasteiger partial charge is 0.202 e. The van der Waals surface area contributed by atoms with Gasteiger partial charge in [0.2, 0.25) is 5.43 Å². The number of aromatic hydroxyl groups is 2. The molecule has 7 nitrogen and oxygen atoms in total. The maximum Gasteiger partial charge on any atom is 0.202 e. The lowest BCUT2D eigenvalue weighted by Crippen LogP contribution is -2.40. The second-order valence-corrected chi connectivity index (χ2v) is 9.33. The highest BCUT2D eigenvalue weighted by atomic mass is 16.3. The highest BCUT2D eigenvalue weighted by Gasteiger charge is 2.34. The fourth-order valence-corrected chi connectivity index (χ4v) is 4.82. The first-order valence-electron chi connectivity index (χ1n) is 11.1. The van der Waals surface area contributed by atoms with Gasteiger partial charge in [-0.05, 0) is 45.2 Å². The molecule has 7 heteroatoms. The van der Waals surface area contributed by atoms with Crippen LogP contribution < -0.4 is 5.43 Å². The standard InChI is InChI=1S/C24H35NO6/c1-6-12(2)9-13(3)22(29)19-14(4)31-24-20(15-7-8-25(5)11-18(15)28)16(26)10-17(27)21(24)23(19)30/h10,12-13,15,18,22,26-29H,6-9,11H2,1-5H3. The first-order chi connectivity index (χ1) is 14.6. The summed E-state index contributed by atoms with van der Waals surface area (Å²) in [5, 5.41) is 42.6. The Kier molecular flexibility index (Phi) is 6.98. The second kappa shape index (κ2) is 9.18. The molecule has 1 aliphatic heterocycles. The number of aliphatic hydroxyl groups excluding tert-OH is 2. The SMILES string of the molecule is CCC(C)CC(C)C(O)c1c(C)oc2c(C3CCN(C)CC3O)c(O)cc(O)c2c1=O. The third-order valence-electron chi connectivity index (χ3n) is 6.85. The normalized spacial score (nSPS) is 23.1.